The number of aromatic nitrogens is 1. The molecule has 0 amide bonds. The number of rotatable bonds is 5. The summed E-state index contributed by atoms with van der Waals surface area (Å²) in [6.07, 6.45) is 3.17. The van der Waals surface area contributed by atoms with Crippen molar-refractivity contribution in [2.75, 3.05) is 0 Å². The molecule has 3 heteroatoms. The second-order valence-electron chi connectivity index (χ2n) is 6.05. The summed E-state index contributed by atoms with van der Waals surface area (Å²) in [5, 5.41) is 12.3. The van der Waals surface area contributed by atoms with Gasteiger partial charge in [-0.15, -0.1) is 17.9 Å². The zero-order valence-corrected chi connectivity index (χ0v) is 14.4. The molecule has 0 radical (unpaired) electrons. The molecule has 0 aliphatic carbocycles. The summed E-state index contributed by atoms with van der Waals surface area (Å²) in [7, 11) is 0. The van der Waals surface area contributed by atoms with Crippen LogP contribution in [0.2, 0.25) is 0 Å². The van der Waals surface area contributed by atoms with E-state index in [1.54, 1.807) is 11.3 Å². The Kier molecular flexibility index (Phi) is 4.33. The van der Waals surface area contributed by atoms with E-state index < -0.39 is 5.60 Å². The van der Waals surface area contributed by atoms with Crippen molar-refractivity contribution in [3.63, 3.8) is 0 Å². The second-order valence-corrected chi connectivity index (χ2v) is 7.08. The van der Waals surface area contributed by atoms with Gasteiger partial charge in [0.1, 0.15) is 10.6 Å². The van der Waals surface area contributed by atoms with E-state index in [0.717, 1.165) is 38.3 Å². The molecule has 0 saturated heterocycles. The minimum Gasteiger partial charge on any atom is -0.378 e. The van der Waals surface area contributed by atoms with E-state index in [1.165, 1.54) is 0 Å². The molecule has 3 aromatic rings. The summed E-state index contributed by atoms with van der Waals surface area (Å²) >= 11 is 1.57. The Bertz CT molecular complexity index is 798. The predicted octanol–water partition coefficient (Wildman–Crippen LogP) is 5.12. The standard InChI is InChI=1S/C20H21NOS/c1-4-5-10-20(22,16-12-14(2)11-15(3)13-16)19-21-17-8-6-7-9-18(17)23-19/h4,6-9,11-13,22H,1,5,10H2,2-3H3. The van der Waals surface area contributed by atoms with E-state index in [2.05, 4.69) is 38.6 Å². The molecule has 2 aromatic carbocycles. The Balaban J connectivity index is 2.16. The summed E-state index contributed by atoms with van der Waals surface area (Å²) in [4.78, 5) is 4.71. The zero-order chi connectivity index (χ0) is 16.4. The number of hydrogen-bond acceptors (Lipinski definition) is 3. The molecule has 23 heavy (non-hydrogen) atoms. The summed E-state index contributed by atoms with van der Waals surface area (Å²) in [5.74, 6) is 0. The fourth-order valence-corrected chi connectivity index (χ4v) is 4.05. The molecule has 1 unspecified atom stereocenters. The molecule has 2 nitrogen and oxygen atoms in total. The van der Waals surface area contributed by atoms with Crippen molar-refractivity contribution in [1.82, 2.24) is 4.98 Å². The van der Waals surface area contributed by atoms with E-state index >= 15 is 0 Å². The van der Waals surface area contributed by atoms with E-state index in [-0.39, 0.29) is 0 Å². The number of nitrogens with zero attached hydrogens (tertiary/aromatic N) is 1. The third-order valence-electron chi connectivity index (χ3n) is 4.06. The molecule has 0 aliphatic heterocycles. The maximum atomic E-state index is 11.5. The van der Waals surface area contributed by atoms with Crippen molar-refractivity contribution in [3.8, 4) is 0 Å². The van der Waals surface area contributed by atoms with Gasteiger partial charge in [0.2, 0.25) is 0 Å². The highest BCUT2D eigenvalue weighted by atomic mass is 32.1. The molecule has 0 aliphatic rings. The maximum Gasteiger partial charge on any atom is 0.141 e. The molecule has 0 spiro atoms. The lowest BCUT2D eigenvalue weighted by atomic mass is 9.87. The van der Waals surface area contributed by atoms with Gasteiger partial charge < -0.3 is 5.11 Å². The minimum absolute atomic E-state index is 0.583. The summed E-state index contributed by atoms with van der Waals surface area (Å²) in [6.45, 7) is 7.92. The van der Waals surface area contributed by atoms with E-state index in [1.807, 2.05) is 30.3 Å². The van der Waals surface area contributed by atoms with Gasteiger partial charge in [0.15, 0.2) is 0 Å². The molecule has 1 heterocycles. The van der Waals surface area contributed by atoms with Gasteiger partial charge in [-0.3, -0.25) is 0 Å². The van der Waals surface area contributed by atoms with Crippen molar-refractivity contribution in [3.05, 3.63) is 76.8 Å². The summed E-state index contributed by atoms with van der Waals surface area (Å²) in [5.41, 5.74) is 3.08. The lowest BCUT2D eigenvalue weighted by Crippen LogP contribution is -2.27. The fourth-order valence-electron chi connectivity index (χ4n) is 2.95. The Morgan fingerprint density at radius 2 is 1.87 bits per heavy atom. The highest BCUT2D eigenvalue weighted by Crippen LogP contribution is 2.39. The number of hydrogen-bond donors (Lipinski definition) is 1. The van der Waals surface area contributed by atoms with Crippen molar-refractivity contribution in [2.45, 2.75) is 32.3 Å². The Labute approximate surface area is 141 Å². The zero-order valence-electron chi connectivity index (χ0n) is 13.5. The van der Waals surface area contributed by atoms with Crippen LogP contribution in [-0.2, 0) is 5.60 Å². The van der Waals surface area contributed by atoms with Crippen molar-refractivity contribution in [1.29, 1.82) is 0 Å². The number of allylic oxidation sites excluding steroid dienone is 1. The number of para-hydroxylation sites is 1. The smallest absolute Gasteiger partial charge is 0.141 e. The monoisotopic (exact) mass is 323 g/mol. The first kappa shape index (κ1) is 15.9. The third-order valence-corrected chi connectivity index (χ3v) is 5.24. The highest BCUT2D eigenvalue weighted by molar-refractivity contribution is 7.18. The molecular weight excluding hydrogens is 302 g/mol. The Morgan fingerprint density at radius 1 is 1.17 bits per heavy atom. The molecule has 1 aromatic heterocycles. The Morgan fingerprint density at radius 3 is 2.52 bits per heavy atom. The molecule has 1 N–H and O–H groups in total. The van der Waals surface area contributed by atoms with Crippen LogP contribution >= 0.6 is 11.3 Å². The average Bonchev–Trinajstić information content (AvgIpc) is 2.96. The maximum absolute atomic E-state index is 11.5. The molecule has 0 bridgehead atoms. The second kappa shape index (κ2) is 6.26. The van der Waals surface area contributed by atoms with Crippen molar-refractivity contribution >= 4 is 21.6 Å². The normalized spacial score (nSPS) is 13.9. The van der Waals surface area contributed by atoms with Crippen LogP contribution < -0.4 is 0 Å². The molecule has 3 rings (SSSR count). The third kappa shape index (κ3) is 3.07. The lowest BCUT2D eigenvalue weighted by molar-refractivity contribution is 0.0719. The summed E-state index contributed by atoms with van der Waals surface area (Å²) in [6, 6.07) is 14.3. The van der Waals surface area contributed by atoms with Gasteiger partial charge in [0, 0.05) is 0 Å². The van der Waals surface area contributed by atoms with Crippen LogP contribution in [0.5, 0.6) is 0 Å². The first-order valence-corrected chi connectivity index (χ1v) is 8.63. The van der Waals surface area contributed by atoms with Gasteiger partial charge in [-0.05, 0) is 44.4 Å². The van der Waals surface area contributed by atoms with Crippen LogP contribution in [0, 0.1) is 13.8 Å². The van der Waals surface area contributed by atoms with Crippen LogP contribution in [0.4, 0.5) is 0 Å². The highest BCUT2D eigenvalue weighted by Gasteiger charge is 2.34. The van der Waals surface area contributed by atoms with Gasteiger partial charge in [0.25, 0.3) is 0 Å². The first-order chi connectivity index (χ1) is 11.0. The van der Waals surface area contributed by atoms with Gasteiger partial charge in [-0.1, -0.05) is 47.5 Å². The SMILES string of the molecule is C=CCCC(O)(c1cc(C)cc(C)c1)c1nc2ccccc2s1. The molecule has 0 fully saturated rings. The first-order valence-electron chi connectivity index (χ1n) is 7.81. The minimum atomic E-state index is -1.07. The quantitative estimate of drug-likeness (QED) is 0.661. The summed E-state index contributed by atoms with van der Waals surface area (Å²) < 4.78 is 1.10. The van der Waals surface area contributed by atoms with Crippen LogP contribution in [0.1, 0.15) is 34.5 Å². The number of fused-ring (bicyclic) bond motifs is 1. The average molecular weight is 323 g/mol. The molecule has 1 atom stereocenters. The van der Waals surface area contributed by atoms with Gasteiger partial charge in [0.05, 0.1) is 10.2 Å². The van der Waals surface area contributed by atoms with Crippen LogP contribution in [0.3, 0.4) is 0 Å². The topological polar surface area (TPSA) is 33.1 Å². The van der Waals surface area contributed by atoms with Crippen molar-refractivity contribution in [2.24, 2.45) is 0 Å². The molecule has 0 saturated carbocycles. The van der Waals surface area contributed by atoms with Gasteiger partial charge >= 0.3 is 0 Å². The fraction of sp³-hybridized carbons (Fsp3) is 0.250. The van der Waals surface area contributed by atoms with Crippen LogP contribution in [0.15, 0.2) is 55.1 Å². The van der Waals surface area contributed by atoms with Gasteiger partial charge in [-0.2, -0.15) is 0 Å². The van der Waals surface area contributed by atoms with Gasteiger partial charge in [-0.25, -0.2) is 4.98 Å². The number of aliphatic hydroxyl groups is 1. The Hall–Kier alpha value is -1.97. The van der Waals surface area contributed by atoms with Crippen LogP contribution in [-0.4, -0.2) is 10.1 Å². The number of aryl methyl sites for hydroxylation is 2. The molecular formula is C20H21NOS. The van der Waals surface area contributed by atoms with E-state index in [9.17, 15) is 5.11 Å². The van der Waals surface area contributed by atoms with E-state index in [0.29, 0.717) is 6.42 Å². The largest absolute Gasteiger partial charge is 0.378 e. The van der Waals surface area contributed by atoms with E-state index in [4.69, 9.17) is 4.98 Å². The molecule has 118 valence electrons. The van der Waals surface area contributed by atoms with Crippen LogP contribution in [0.25, 0.3) is 10.2 Å². The van der Waals surface area contributed by atoms with Crippen molar-refractivity contribution < 1.29 is 5.11 Å². The lowest BCUT2D eigenvalue weighted by Gasteiger charge is -2.27. The number of benzene rings is 2. The predicted molar refractivity (Wildman–Crippen MR) is 98.0 cm³/mol. The number of thiazole rings is 1.